The number of amidine groups is 1. The number of aromatic nitrogens is 1. The molecule has 1 aliphatic heterocycles. The molecule has 5 heteroatoms. The number of rotatable bonds is 9. The molecule has 2 atom stereocenters. The molecule has 6 aromatic carbocycles. The molecule has 0 amide bonds. The monoisotopic (exact) mass is 862 g/mol. The molecule has 7 aromatic rings. The van der Waals surface area contributed by atoms with Crippen molar-refractivity contribution < 1.29 is 0 Å². The number of fused-ring (bicyclic) bond motifs is 2. The minimum absolute atomic E-state index is 0.205. The molecule has 0 bridgehead atoms. The van der Waals surface area contributed by atoms with Gasteiger partial charge in [-0.25, -0.2) is 4.99 Å². The summed E-state index contributed by atoms with van der Waals surface area (Å²) in [4.78, 5) is 20.3. The lowest BCUT2D eigenvalue weighted by Crippen LogP contribution is -2.30. The zero-order chi connectivity index (χ0) is 39.5. The Balaban J connectivity index is 1.22. The van der Waals surface area contributed by atoms with Crippen molar-refractivity contribution in [2.45, 2.75) is 31.2 Å². The van der Waals surface area contributed by atoms with E-state index >= 15 is 0 Å². The Kier molecular flexibility index (Phi) is 10.6. The summed E-state index contributed by atoms with van der Waals surface area (Å²) in [6, 6.07) is 54.6. The lowest BCUT2D eigenvalue weighted by molar-refractivity contribution is 0.515. The van der Waals surface area contributed by atoms with Crippen molar-refractivity contribution in [3.63, 3.8) is 0 Å². The SMILES string of the molecule is CN=C(/C=C\CI)c1ccc(C2=NC(c3cc(-c4cccc5ccccc45)cc(C4CC=Cc5ccccc54)c3)=NC(C)(c3ccc(-c4ccccn4)cc3)C2)cc1. The Hall–Kier alpha value is -6.05. The maximum Gasteiger partial charge on any atom is 0.155 e. The summed E-state index contributed by atoms with van der Waals surface area (Å²) < 4.78 is 0.933. The van der Waals surface area contributed by atoms with Crippen LogP contribution < -0.4 is 0 Å². The lowest BCUT2D eigenvalue weighted by Gasteiger charge is -2.31. The van der Waals surface area contributed by atoms with Crippen LogP contribution in [-0.2, 0) is 5.54 Å². The molecule has 9 rings (SSSR count). The van der Waals surface area contributed by atoms with E-state index in [-0.39, 0.29) is 5.92 Å². The number of pyridine rings is 1. The van der Waals surface area contributed by atoms with E-state index in [9.17, 15) is 0 Å². The van der Waals surface area contributed by atoms with E-state index in [0.29, 0.717) is 6.42 Å². The van der Waals surface area contributed by atoms with Gasteiger partial charge in [0.05, 0.1) is 22.7 Å². The second-order valence-electron chi connectivity index (χ2n) is 15.2. The highest BCUT2D eigenvalue weighted by Gasteiger charge is 2.34. The van der Waals surface area contributed by atoms with Gasteiger partial charge in [-0.3, -0.25) is 15.0 Å². The molecule has 0 saturated carbocycles. The van der Waals surface area contributed by atoms with Crippen LogP contribution >= 0.6 is 22.6 Å². The Morgan fingerprint density at radius 2 is 1.53 bits per heavy atom. The van der Waals surface area contributed by atoms with Crippen LogP contribution in [0.2, 0.25) is 0 Å². The van der Waals surface area contributed by atoms with Gasteiger partial charge in [0.25, 0.3) is 0 Å². The molecule has 2 unspecified atom stereocenters. The molecule has 4 nitrogen and oxygen atoms in total. The van der Waals surface area contributed by atoms with Gasteiger partial charge in [-0.05, 0) is 99.0 Å². The first-order valence-electron chi connectivity index (χ1n) is 19.9. The highest BCUT2D eigenvalue weighted by atomic mass is 127. The number of allylic oxidation sites excluding steroid dienone is 3. The standard InChI is InChI=1S/C53H43IN4/c1-53(44-28-26-39(27-29-44)50-20-7-8-31-56-50)35-51(40-24-22-38(23-25-40)49(55-2)21-11-30-54)57-52(58-53)43-33-41(47-18-9-14-36-12-3-5-16-45(36)47)32-42(34-43)48-19-10-15-37-13-4-6-17-46(37)48/h3-18,20-29,31-34,48H,19,30,35H2,1-2H3/b21-11-,55-49?. The van der Waals surface area contributed by atoms with Crippen LogP contribution in [0.5, 0.6) is 0 Å². The molecular weight excluding hydrogens is 820 g/mol. The van der Waals surface area contributed by atoms with Crippen LogP contribution in [0.3, 0.4) is 0 Å². The molecule has 0 spiro atoms. The summed E-state index contributed by atoms with van der Waals surface area (Å²) in [6.45, 7) is 2.25. The van der Waals surface area contributed by atoms with E-state index in [4.69, 9.17) is 9.98 Å². The zero-order valence-electron chi connectivity index (χ0n) is 32.7. The fourth-order valence-corrected chi connectivity index (χ4v) is 8.70. The third-order valence-electron chi connectivity index (χ3n) is 11.4. The summed E-state index contributed by atoms with van der Waals surface area (Å²) in [5.41, 5.74) is 14.0. The van der Waals surface area contributed by atoms with Crippen LogP contribution in [0.25, 0.3) is 39.2 Å². The molecule has 1 aliphatic carbocycles. The maximum atomic E-state index is 5.62. The van der Waals surface area contributed by atoms with Crippen molar-refractivity contribution in [1.29, 1.82) is 0 Å². The van der Waals surface area contributed by atoms with Gasteiger partial charge in [-0.15, -0.1) is 0 Å². The summed E-state index contributed by atoms with van der Waals surface area (Å²) >= 11 is 2.36. The second kappa shape index (κ2) is 16.4. The van der Waals surface area contributed by atoms with E-state index in [2.05, 4.69) is 203 Å². The fourth-order valence-electron chi connectivity index (χ4n) is 8.45. The number of hydrogen-bond donors (Lipinski definition) is 0. The van der Waals surface area contributed by atoms with Crippen molar-refractivity contribution in [3.8, 4) is 22.4 Å². The molecule has 2 aliphatic rings. The quantitative estimate of drug-likeness (QED) is 0.0810. The first-order chi connectivity index (χ1) is 28.5. The first-order valence-corrected chi connectivity index (χ1v) is 21.4. The predicted molar refractivity (Wildman–Crippen MR) is 253 cm³/mol. The summed E-state index contributed by atoms with van der Waals surface area (Å²) in [7, 11) is 1.85. The third kappa shape index (κ3) is 7.54. The number of benzene rings is 6. The normalized spacial score (nSPS) is 17.9. The van der Waals surface area contributed by atoms with Gasteiger partial charge >= 0.3 is 0 Å². The molecule has 2 heterocycles. The Labute approximate surface area is 354 Å². The molecule has 0 saturated heterocycles. The molecular formula is C53H43IN4. The molecule has 58 heavy (non-hydrogen) atoms. The van der Waals surface area contributed by atoms with Crippen molar-refractivity contribution in [2.75, 3.05) is 11.5 Å². The van der Waals surface area contributed by atoms with Crippen molar-refractivity contribution in [2.24, 2.45) is 15.0 Å². The van der Waals surface area contributed by atoms with Gasteiger partial charge in [-0.1, -0.05) is 168 Å². The van der Waals surface area contributed by atoms with Gasteiger partial charge < -0.3 is 0 Å². The van der Waals surface area contributed by atoms with Gasteiger partial charge in [-0.2, -0.15) is 0 Å². The smallest absolute Gasteiger partial charge is 0.155 e. The van der Waals surface area contributed by atoms with E-state index < -0.39 is 5.54 Å². The largest absolute Gasteiger partial charge is 0.288 e. The average Bonchev–Trinajstić information content (AvgIpc) is 3.29. The van der Waals surface area contributed by atoms with Gasteiger partial charge in [0.1, 0.15) is 0 Å². The number of halogens is 1. The predicted octanol–water partition coefficient (Wildman–Crippen LogP) is 13.1. The number of hydrogen-bond acceptors (Lipinski definition) is 4. The van der Waals surface area contributed by atoms with Gasteiger partial charge in [0, 0.05) is 41.1 Å². The average molecular weight is 863 g/mol. The second-order valence-corrected chi connectivity index (χ2v) is 16.1. The highest BCUT2D eigenvalue weighted by Crippen LogP contribution is 2.41. The Bertz CT molecular complexity index is 2770. The molecule has 0 fully saturated rings. The molecule has 0 N–H and O–H groups in total. The van der Waals surface area contributed by atoms with E-state index in [1.807, 2.05) is 25.4 Å². The zero-order valence-corrected chi connectivity index (χ0v) is 34.8. The fraction of sp³-hybridized carbons (Fsp3) is 0.132. The van der Waals surface area contributed by atoms with Crippen LogP contribution in [0.15, 0.2) is 191 Å². The minimum Gasteiger partial charge on any atom is -0.288 e. The van der Waals surface area contributed by atoms with Crippen molar-refractivity contribution in [3.05, 3.63) is 215 Å². The molecule has 1 aromatic heterocycles. The van der Waals surface area contributed by atoms with Crippen LogP contribution in [0, 0.1) is 0 Å². The number of nitrogens with zero attached hydrogens (tertiary/aromatic N) is 4. The summed E-state index contributed by atoms with van der Waals surface area (Å²) in [5.74, 6) is 0.946. The maximum absolute atomic E-state index is 5.62. The highest BCUT2D eigenvalue weighted by molar-refractivity contribution is 14.1. The van der Waals surface area contributed by atoms with Crippen LogP contribution in [-0.4, -0.2) is 33.7 Å². The third-order valence-corrected chi connectivity index (χ3v) is 12.0. The van der Waals surface area contributed by atoms with Gasteiger partial charge in [0.15, 0.2) is 5.84 Å². The van der Waals surface area contributed by atoms with Crippen molar-refractivity contribution >= 4 is 56.7 Å². The topological polar surface area (TPSA) is 50.0 Å². The summed E-state index contributed by atoms with van der Waals surface area (Å²) in [6.07, 6.45) is 12.2. The molecule has 0 radical (unpaired) electrons. The lowest BCUT2D eigenvalue weighted by atomic mass is 9.80. The molecule has 282 valence electrons. The summed E-state index contributed by atoms with van der Waals surface area (Å²) in [5, 5.41) is 2.45. The number of aliphatic imine (C=N–C) groups is 3. The number of alkyl halides is 1. The van der Waals surface area contributed by atoms with E-state index in [1.54, 1.807) is 0 Å². The van der Waals surface area contributed by atoms with E-state index in [0.717, 1.165) is 67.2 Å². The van der Waals surface area contributed by atoms with Crippen LogP contribution in [0.4, 0.5) is 0 Å². The minimum atomic E-state index is -0.581. The van der Waals surface area contributed by atoms with E-state index in [1.165, 1.54) is 33.0 Å². The first kappa shape index (κ1) is 37.5. The van der Waals surface area contributed by atoms with Crippen LogP contribution in [0.1, 0.15) is 64.6 Å². The Morgan fingerprint density at radius 1 is 0.776 bits per heavy atom. The van der Waals surface area contributed by atoms with Crippen molar-refractivity contribution in [1.82, 2.24) is 4.98 Å². The Morgan fingerprint density at radius 3 is 2.34 bits per heavy atom. The van der Waals surface area contributed by atoms with Gasteiger partial charge in [0.2, 0.25) is 0 Å².